The maximum absolute atomic E-state index is 3.56. The maximum Gasteiger partial charge on any atom is 0.0332 e. The first kappa shape index (κ1) is 9.82. The zero-order chi connectivity index (χ0) is 10.0. The first-order valence-corrected chi connectivity index (χ1v) is 5.86. The fraction of sp³-hybridized carbons (Fsp3) is 0.692. The van der Waals surface area contributed by atoms with Crippen LogP contribution in [-0.4, -0.2) is 6.54 Å². The van der Waals surface area contributed by atoms with Crippen LogP contribution in [0.1, 0.15) is 46.0 Å². The summed E-state index contributed by atoms with van der Waals surface area (Å²) >= 11 is 0. The molecule has 0 unspecified atom stereocenters. The molecule has 1 heterocycles. The third kappa shape index (κ3) is 1.49. The van der Waals surface area contributed by atoms with Gasteiger partial charge in [0.1, 0.15) is 0 Å². The Bertz CT molecular complexity index is 267. The van der Waals surface area contributed by atoms with Crippen LogP contribution in [0, 0.1) is 5.41 Å². The van der Waals surface area contributed by atoms with Crippen LogP contribution in [0.25, 0.3) is 0 Å². The van der Waals surface area contributed by atoms with Crippen molar-refractivity contribution in [2.75, 3.05) is 6.54 Å². The average Bonchev–Trinajstić information content (AvgIpc) is 2.50. The van der Waals surface area contributed by atoms with Crippen molar-refractivity contribution in [2.45, 2.75) is 46.0 Å². The molecule has 0 bridgehead atoms. The quantitative estimate of drug-likeness (QED) is 0.670. The van der Waals surface area contributed by atoms with E-state index in [9.17, 15) is 0 Å². The highest BCUT2D eigenvalue weighted by Crippen LogP contribution is 2.45. The summed E-state index contributed by atoms with van der Waals surface area (Å²) in [4.78, 5) is 0. The summed E-state index contributed by atoms with van der Waals surface area (Å²) in [6.45, 7) is 5.59. The van der Waals surface area contributed by atoms with Crippen molar-refractivity contribution in [2.24, 2.45) is 5.41 Å². The Morgan fingerprint density at radius 3 is 2.57 bits per heavy atom. The number of allylic oxidation sites excluding steroid dienone is 2. The smallest absolute Gasteiger partial charge is 0.0332 e. The molecule has 0 aromatic carbocycles. The molecule has 0 radical (unpaired) electrons. The summed E-state index contributed by atoms with van der Waals surface area (Å²) in [6.07, 6.45) is 11.4. The van der Waals surface area contributed by atoms with Crippen LogP contribution in [0.4, 0.5) is 0 Å². The lowest BCUT2D eigenvalue weighted by Gasteiger charge is -2.34. The first-order chi connectivity index (χ1) is 6.78. The van der Waals surface area contributed by atoms with E-state index in [1.54, 1.807) is 5.57 Å². The van der Waals surface area contributed by atoms with Crippen molar-refractivity contribution >= 4 is 0 Å². The van der Waals surface area contributed by atoms with Gasteiger partial charge in [0.2, 0.25) is 0 Å². The van der Waals surface area contributed by atoms with Gasteiger partial charge < -0.3 is 5.32 Å². The van der Waals surface area contributed by atoms with E-state index in [0.29, 0.717) is 5.41 Å². The molecule has 0 amide bonds. The van der Waals surface area contributed by atoms with Crippen molar-refractivity contribution in [3.63, 3.8) is 0 Å². The predicted molar refractivity (Wildman–Crippen MR) is 61.0 cm³/mol. The van der Waals surface area contributed by atoms with Crippen molar-refractivity contribution in [3.05, 3.63) is 23.4 Å². The molecule has 1 aliphatic carbocycles. The van der Waals surface area contributed by atoms with Gasteiger partial charge in [0.05, 0.1) is 0 Å². The molecule has 1 fully saturated rings. The molecule has 0 atom stereocenters. The fourth-order valence-electron chi connectivity index (χ4n) is 2.95. The second kappa shape index (κ2) is 3.80. The van der Waals surface area contributed by atoms with Gasteiger partial charge in [0.15, 0.2) is 0 Å². The Morgan fingerprint density at radius 1 is 1.21 bits per heavy atom. The number of rotatable bonds is 1. The lowest BCUT2D eigenvalue weighted by molar-refractivity contribution is 0.254. The Balaban J connectivity index is 2.22. The summed E-state index contributed by atoms with van der Waals surface area (Å²) in [7, 11) is 0. The third-order valence-electron chi connectivity index (χ3n) is 3.96. The van der Waals surface area contributed by atoms with Gasteiger partial charge in [-0.2, -0.15) is 0 Å². The molecule has 1 saturated carbocycles. The normalized spacial score (nSPS) is 26.1. The van der Waals surface area contributed by atoms with Crippen LogP contribution >= 0.6 is 0 Å². The van der Waals surface area contributed by atoms with Crippen LogP contribution in [0.5, 0.6) is 0 Å². The molecule has 0 saturated heterocycles. The molecule has 1 heteroatoms. The van der Waals surface area contributed by atoms with Crippen molar-refractivity contribution < 1.29 is 0 Å². The van der Waals surface area contributed by atoms with E-state index in [4.69, 9.17) is 0 Å². The van der Waals surface area contributed by atoms with Gasteiger partial charge in [-0.15, -0.1) is 0 Å². The van der Waals surface area contributed by atoms with Gasteiger partial charge in [-0.1, -0.05) is 25.3 Å². The first-order valence-electron chi connectivity index (χ1n) is 5.86. The minimum absolute atomic E-state index is 0.521. The molecule has 78 valence electrons. The Morgan fingerprint density at radius 2 is 1.93 bits per heavy atom. The number of hydrogen-bond acceptors (Lipinski definition) is 1. The van der Waals surface area contributed by atoms with Crippen molar-refractivity contribution in [3.8, 4) is 0 Å². The number of hydrogen-bond donors (Lipinski definition) is 1. The van der Waals surface area contributed by atoms with E-state index in [1.807, 2.05) is 0 Å². The largest absolute Gasteiger partial charge is 0.384 e. The SMILES string of the molecule is C/C=C\C1=C(C)C2(CCCCC2)CN1. The third-order valence-corrected chi connectivity index (χ3v) is 3.96. The zero-order valence-electron chi connectivity index (χ0n) is 9.40. The second-order valence-corrected chi connectivity index (χ2v) is 4.73. The standard InChI is InChI=1S/C13H21N/c1-3-7-12-11(2)13(10-14-12)8-5-4-6-9-13/h3,7,14H,4-6,8-10H2,1-2H3/b7-3-. The molecule has 0 aromatic rings. The monoisotopic (exact) mass is 191 g/mol. The molecular weight excluding hydrogens is 170 g/mol. The van der Waals surface area contributed by atoms with Gasteiger partial charge in [-0.3, -0.25) is 0 Å². The maximum atomic E-state index is 3.56. The Labute approximate surface area is 87.3 Å². The van der Waals surface area contributed by atoms with Crippen molar-refractivity contribution in [1.82, 2.24) is 5.32 Å². The number of nitrogens with one attached hydrogen (secondary N) is 1. The lowest BCUT2D eigenvalue weighted by atomic mass is 9.70. The van der Waals surface area contributed by atoms with E-state index in [0.717, 1.165) is 0 Å². The molecule has 1 spiro atoms. The Kier molecular flexibility index (Phi) is 2.66. The molecule has 2 aliphatic rings. The Hall–Kier alpha value is -0.720. The average molecular weight is 191 g/mol. The predicted octanol–water partition coefficient (Wildman–Crippen LogP) is 3.39. The van der Waals surface area contributed by atoms with Crippen LogP contribution in [0.3, 0.4) is 0 Å². The summed E-state index contributed by atoms with van der Waals surface area (Å²) < 4.78 is 0. The zero-order valence-corrected chi connectivity index (χ0v) is 9.40. The van der Waals surface area contributed by atoms with E-state index < -0.39 is 0 Å². The van der Waals surface area contributed by atoms with Crippen LogP contribution in [0.15, 0.2) is 23.4 Å². The highest BCUT2D eigenvalue weighted by Gasteiger charge is 2.38. The molecule has 1 nitrogen and oxygen atoms in total. The van der Waals surface area contributed by atoms with Crippen LogP contribution < -0.4 is 5.32 Å². The molecular formula is C13H21N. The van der Waals surface area contributed by atoms with Gasteiger partial charge in [-0.05, 0) is 38.3 Å². The summed E-state index contributed by atoms with van der Waals surface area (Å²) in [5, 5.41) is 3.56. The topological polar surface area (TPSA) is 12.0 Å². The molecule has 1 aliphatic heterocycles. The van der Waals surface area contributed by atoms with Gasteiger partial charge in [0, 0.05) is 17.7 Å². The van der Waals surface area contributed by atoms with E-state index in [-0.39, 0.29) is 0 Å². The fourth-order valence-corrected chi connectivity index (χ4v) is 2.95. The highest BCUT2D eigenvalue weighted by molar-refractivity contribution is 5.33. The molecule has 2 rings (SSSR count). The van der Waals surface area contributed by atoms with Crippen LogP contribution in [0.2, 0.25) is 0 Å². The minimum atomic E-state index is 0.521. The van der Waals surface area contributed by atoms with Gasteiger partial charge in [-0.25, -0.2) is 0 Å². The van der Waals surface area contributed by atoms with E-state index in [2.05, 4.69) is 31.3 Å². The van der Waals surface area contributed by atoms with E-state index >= 15 is 0 Å². The second-order valence-electron chi connectivity index (χ2n) is 4.73. The van der Waals surface area contributed by atoms with E-state index in [1.165, 1.54) is 44.3 Å². The molecule has 14 heavy (non-hydrogen) atoms. The van der Waals surface area contributed by atoms with Gasteiger partial charge >= 0.3 is 0 Å². The lowest BCUT2D eigenvalue weighted by Crippen LogP contribution is -2.29. The van der Waals surface area contributed by atoms with Crippen molar-refractivity contribution in [1.29, 1.82) is 0 Å². The minimum Gasteiger partial charge on any atom is -0.384 e. The molecule has 1 N–H and O–H groups in total. The summed E-state index contributed by atoms with van der Waals surface area (Å²) in [5.74, 6) is 0. The summed E-state index contributed by atoms with van der Waals surface area (Å²) in [5.41, 5.74) is 3.51. The molecule has 0 aromatic heterocycles. The highest BCUT2D eigenvalue weighted by atomic mass is 14.9. The summed E-state index contributed by atoms with van der Waals surface area (Å²) in [6, 6.07) is 0. The van der Waals surface area contributed by atoms with Crippen LogP contribution in [-0.2, 0) is 0 Å². The van der Waals surface area contributed by atoms with Gasteiger partial charge in [0.25, 0.3) is 0 Å².